The smallest absolute Gasteiger partial charge is 0.246 e. The van der Waals surface area contributed by atoms with Crippen molar-refractivity contribution < 1.29 is 4.79 Å². The third-order valence-corrected chi connectivity index (χ3v) is 3.93. The standard InChI is InChI=1S/C17H19N3O/c1-11-5-4-6-12(9-11)20(3)13-7-8-14-15(10-13)19-17(21)16(14)18-2/h4-10,16,18H,1-3H3,(H,19,21). The molecule has 0 fully saturated rings. The van der Waals surface area contributed by atoms with Gasteiger partial charge in [0.2, 0.25) is 5.91 Å². The Hall–Kier alpha value is -2.33. The van der Waals surface area contributed by atoms with Gasteiger partial charge in [0, 0.05) is 29.7 Å². The Kier molecular flexibility index (Phi) is 3.39. The molecule has 2 N–H and O–H groups in total. The zero-order valence-corrected chi connectivity index (χ0v) is 12.5. The van der Waals surface area contributed by atoms with Gasteiger partial charge in [-0.05, 0) is 43.8 Å². The molecule has 1 aliphatic rings. The number of carbonyl (C=O) groups is 1. The number of aryl methyl sites for hydroxylation is 1. The van der Waals surface area contributed by atoms with Crippen LogP contribution in [0.2, 0.25) is 0 Å². The summed E-state index contributed by atoms with van der Waals surface area (Å²) in [6, 6.07) is 14.2. The summed E-state index contributed by atoms with van der Waals surface area (Å²) in [6.45, 7) is 2.08. The number of amides is 1. The summed E-state index contributed by atoms with van der Waals surface area (Å²) < 4.78 is 0. The zero-order valence-electron chi connectivity index (χ0n) is 12.5. The van der Waals surface area contributed by atoms with Crippen molar-refractivity contribution in [1.29, 1.82) is 0 Å². The highest BCUT2D eigenvalue weighted by Crippen LogP contribution is 2.35. The third kappa shape index (κ3) is 2.38. The third-order valence-electron chi connectivity index (χ3n) is 3.93. The molecule has 1 amide bonds. The minimum atomic E-state index is -0.252. The van der Waals surface area contributed by atoms with Gasteiger partial charge in [0.05, 0.1) is 0 Å². The van der Waals surface area contributed by atoms with Crippen LogP contribution in [-0.4, -0.2) is 20.0 Å². The summed E-state index contributed by atoms with van der Waals surface area (Å²) in [5.41, 5.74) is 5.30. The van der Waals surface area contributed by atoms with Crippen LogP contribution in [0.25, 0.3) is 0 Å². The van der Waals surface area contributed by atoms with Crippen LogP contribution in [-0.2, 0) is 4.79 Å². The Bertz CT molecular complexity index is 696. The lowest BCUT2D eigenvalue weighted by Gasteiger charge is -2.21. The first kappa shape index (κ1) is 13.6. The lowest BCUT2D eigenvalue weighted by atomic mass is 10.1. The van der Waals surface area contributed by atoms with Gasteiger partial charge in [0.1, 0.15) is 6.04 Å². The average Bonchev–Trinajstić information content (AvgIpc) is 2.80. The van der Waals surface area contributed by atoms with E-state index in [0.29, 0.717) is 0 Å². The van der Waals surface area contributed by atoms with Crippen LogP contribution in [0.3, 0.4) is 0 Å². The van der Waals surface area contributed by atoms with Crippen molar-refractivity contribution in [2.24, 2.45) is 0 Å². The molecular formula is C17H19N3O. The predicted molar refractivity (Wildman–Crippen MR) is 86.1 cm³/mol. The second-order valence-corrected chi connectivity index (χ2v) is 5.38. The van der Waals surface area contributed by atoms with Crippen molar-refractivity contribution >= 4 is 23.0 Å². The van der Waals surface area contributed by atoms with E-state index in [4.69, 9.17) is 0 Å². The molecule has 0 spiro atoms. The second-order valence-electron chi connectivity index (χ2n) is 5.38. The van der Waals surface area contributed by atoms with Gasteiger partial charge < -0.3 is 15.5 Å². The molecular weight excluding hydrogens is 262 g/mol. The Morgan fingerprint density at radius 3 is 2.62 bits per heavy atom. The molecule has 0 saturated heterocycles. The molecule has 108 valence electrons. The van der Waals surface area contributed by atoms with Crippen molar-refractivity contribution in [2.45, 2.75) is 13.0 Å². The number of benzene rings is 2. The number of rotatable bonds is 3. The molecule has 21 heavy (non-hydrogen) atoms. The summed E-state index contributed by atoms with van der Waals surface area (Å²) >= 11 is 0. The first-order valence-electron chi connectivity index (χ1n) is 7.02. The maximum absolute atomic E-state index is 11.9. The number of nitrogens with zero attached hydrogens (tertiary/aromatic N) is 1. The number of fused-ring (bicyclic) bond motifs is 1. The van der Waals surface area contributed by atoms with Gasteiger partial charge in [-0.15, -0.1) is 0 Å². The van der Waals surface area contributed by atoms with E-state index in [1.807, 2.05) is 31.3 Å². The van der Waals surface area contributed by atoms with Crippen LogP contribution in [0.4, 0.5) is 17.1 Å². The fraction of sp³-hybridized carbons (Fsp3) is 0.235. The molecule has 3 rings (SSSR count). The summed E-state index contributed by atoms with van der Waals surface area (Å²) in [6.07, 6.45) is 0. The maximum atomic E-state index is 11.9. The lowest BCUT2D eigenvalue weighted by molar-refractivity contribution is -0.117. The molecule has 2 aromatic rings. The first-order valence-corrected chi connectivity index (χ1v) is 7.02. The summed E-state index contributed by atoms with van der Waals surface area (Å²) in [5, 5.41) is 5.96. The van der Waals surface area contributed by atoms with Gasteiger partial charge in [-0.1, -0.05) is 18.2 Å². The van der Waals surface area contributed by atoms with Crippen molar-refractivity contribution in [2.75, 3.05) is 24.3 Å². The van der Waals surface area contributed by atoms with E-state index in [1.54, 1.807) is 7.05 Å². The molecule has 1 aliphatic heterocycles. The molecule has 4 heteroatoms. The van der Waals surface area contributed by atoms with E-state index in [-0.39, 0.29) is 11.9 Å². The molecule has 0 bridgehead atoms. The molecule has 0 aromatic heterocycles. The number of nitrogens with one attached hydrogen (secondary N) is 2. The number of hydrogen-bond donors (Lipinski definition) is 2. The van der Waals surface area contributed by atoms with Crippen molar-refractivity contribution in [3.05, 3.63) is 53.6 Å². The lowest BCUT2D eigenvalue weighted by Crippen LogP contribution is -2.23. The minimum Gasteiger partial charge on any atom is -0.345 e. The number of hydrogen-bond acceptors (Lipinski definition) is 3. The van der Waals surface area contributed by atoms with E-state index in [2.05, 4.69) is 40.7 Å². The average molecular weight is 281 g/mol. The maximum Gasteiger partial charge on any atom is 0.246 e. The first-order chi connectivity index (χ1) is 10.1. The van der Waals surface area contributed by atoms with Gasteiger partial charge in [-0.2, -0.15) is 0 Å². The predicted octanol–water partition coefficient (Wildman–Crippen LogP) is 2.98. The number of carbonyl (C=O) groups excluding carboxylic acids is 1. The van der Waals surface area contributed by atoms with Crippen molar-refractivity contribution in [3.8, 4) is 0 Å². The fourth-order valence-electron chi connectivity index (χ4n) is 2.73. The zero-order chi connectivity index (χ0) is 15.0. The largest absolute Gasteiger partial charge is 0.345 e. The molecule has 0 saturated carbocycles. The Morgan fingerprint density at radius 1 is 1.14 bits per heavy atom. The van der Waals surface area contributed by atoms with Crippen LogP contribution in [0, 0.1) is 6.92 Å². The molecule has 0 aliphatic carbocycles. The summed E-state index contributed by atoms with van der Waals surface area (Å²) in [5.74, 6) is 0.00265. The highest BCUT2D eigenvalue weighted by Gasteiger charge is 2.29. The minimum absolute atomic E-state index is 0.00265. The van der Waals surface area contributed by atoms with E-state index in [9.17, 15) is 4.79 Å². The SMILES string of the molecule is CNC1C(=O)Nc2cc(N(C)c3cccc(C)c3)ccc21. The molecule has 1 heterocycles. The molecule has 1 unspecified atom stereocenters. The van der Waals surface area contributed by atoms with E-state index in [1.165, 1.54) is 5.56 Å². The fourth-order valence-corrected chi connectivity index (χ4v) is 2.73. The normalized spacial score (nSPS) is 16.5. The Labute approximate surface area is 124 Å². The Balaban J connectivity index is 1.95. The topological polar surface area (TPSA) is 44.4 Å². The van der Waals surface area contributed by atoms with E-state index in [0.717, 1.165) is 22.6 Å². The highest BCUT2D eigenvalue weighted by atomic mass is 16.2. The van der Waals surface area contributed by atoms with Gasteiger partial charge in [-0.25, -0.2) is 0 Å². The molecule has 0 radical (unpaired) electrons. The molecule has 1 atom stereocenters. The second kappa shape index (κ2) is 5.22. The van der Waals surface area contributed by atoms with Gasteiger partial charge in [0.25, 0.3) is 0 Å². The van der Waals surface area contributed by atoms with Gasteiger partial charge in [-0.3, -0.25) is 4.79 Å². The Morgan fingerprint density at radius 2 is 1.90 bits per heavy atom. The quantitative estimate of drug-likeness (QED) is 0.909. The highest BCUT2D eigenvalue weighted by molar-refractivity contribution is 6.03. The summed E-state index contributed by atoms with van der Waals surface area (Å²) in [7, 11) is 3.83. The van der Waals surface area contributed by atoms with Crippen molar-refractivity contribution in [1.82, 2.24) is 5.32 Å². The monoisotopic (exact) mass is 281 g/mol. The molecule has 2 aromatic carbocycles. The van der Waals surface area contributed by atoms with Crippen LogP contribution < -0.4 is 15.5 Å². The van der Waals surface area contributed by atoms with Crippen LogP contribution in [0.5, 0.6) is 0 Å². The van der Waals surface area contributed by atoms with E-state index >= 15 is 0 Å². The van der Waals surface area contributed by atoms with E-state index < -0.39 is 0 Å². The van der Waals surface area contributed by atoms with Crippen molar-refractivity contribution in [3.63, 3.8) is 0 Å². The van der Waals surface area contributed by atoms with Crippen LogP contribution in [0.15, 0.2) is 42.5 Å². The number of likely N-dealkylation sites (N-methyl/N-ethyl adjacent to an activating group) is 1. The number of anilines is 3. The van der Waals surface area contributed by atoms with Crippen LogP contribution in [0.1, 0.15) is 17.2 Å². The summed E-state index contributed by atoms with van der Waals surface area (Å²) in [4.78, 5) is 14.0. The van der Waals surface area contributed by atoms with Gasteiger partial charge in [0.15, 0.2) is 0 Å². The molecule has 4 nitrogen and oxygen atoms in total. The van der Waals surface area contributed by atoms with Crippen LogP contribution >= 0.6 is 0 Å². The van der Waals surface area contributed by atoms with Gasteiger partial charge >= 0.3 is 0 Å².